The molecule has 9 rings (SSSR count). The first-order valence-corrected chi connectivity index (χ1v) is 20.6. The highest BCUT2D eigenvalue weighted by Gasteiger charge is 2.38. The number of carbonyl (C=O) groups is 4. The summed E-state index contributed by atoms with van der Waals surface area (Å²) in [6.07, 6.45) is 3.25. The maximum absolute atomic E-state index is 13.9. The number of amides is 4. The minimum atomic E-state index is -0.765. The lowest BCUT2D eigenvalue weighted by atomic mass is 10.00. The van der Waals surface area contributed by atoms with Crippen LogP contribution in [0.25, 0.3) is 44.3 Å². The Morgan fingerprint density at radius 3 is 1.32 bits per heavy atom. The van der Waals surface area contributed by atoms with E-state index in [1.54, 1.807) is 0 Å². The third-order valence-electron chi connectivity index (χ3n) is 11.7. The zero-order valence-electron chi connectivity index (χ0n) is 33.5. The zero-order valence-corrected chi connectivity index (χ0v) is 33.5. The maximum Gasteiger partial charge on any atom is 0.250 e. The molecule has 60 heavy (non-hydrogen) atoms. The Morgan fingerprint density at radius 1 is 0.550 bits per heavy atom. The quantitative estimate of drug-likeness (QED) is 0.110. The highest BCUT2D eigenvalue weighted by atomic mass is 16.2. The van der Waals surface area contributed by atoms with Crippen molar-refractivity contribution in [3.63, 3.8) is 0 Å². The number of aromatic amines is 2. The van der Waals surface area contributed by atoms with Gasteiger partial charge in [-0.25, -0.2) is 9.97 Å². The van der Waals surface area contributed by atoms with Crippen molar-refractivity contribution in [2.45, 2.75) is 63.7 Å². The van der Waals surface area contributed by atoms with Gasteiger partial charge in [-0.3, -0.25) is 19.2 Å². The monoisotopic (exact) mass is 798 g/mol. The van der Waals surface area contributed by atoms with Gasteiger partial charge >= 0.3 is 0 Å². The topological polar surface area (TPSA) is 156 Å². The molecule has 0 bridgehead atoms. The lowest BCUT2D eigenvalue weighted by Crippen LogP contribution is -2.42. The van der Waals surface area contributed by atoms with Gasteiger partial charge in [-0.2, -0.15) is 0 Å². The Balaban J connectivity index is 0.913. The smallest absolute Gasteiger partial charge is 0.250 e. The molecule has 0 aliphatic carbocycles. The van der Waals surface area contributed by atoms with Crippen LogP contribution in [-0.4, -0.2) is 66.5 Å². The summed E-state index contributed by atoms with van der Waals surface area (Å²) in [6, 6.07) is 37.5. The van der Waals surface area contributed by atoms with Crippen molar-refractivity contribution in [2.24, 2.45) is 0 Å². The Labute approximate surface area is 347 Å². The van der Waals surface area contributed by atoms with E-state index in [0.717, 1.165) is 92.8 Å². The van der Waals surface area contributed by atoms with E-state index >= 15 is 0 Å². The van der Waals surface area contributed by atoms with E-state index in [-0.39, 0.29) is 35.7 Å². The van der Waals surface area contributed by atoms with Crippen LogP contribution in [0.2, 0.25) is 0 Å². The van der Waals surface area contributed by atoms with Crippen molar-refractivity contribution in [2.75, 3.05) is 13.1 Å². The molecular weight excluding hydrogens is 753 g/mol. The first-order valence-electron chi connectivity index (χ1n) is 20.6. The summed E-state index contributed by atoms with van der Waals surface area (Å²) in [5.74, 6) is 0.680. The molecule has 4 N–H and O–H groups in total. The molecule has 12 heteroatoms. The predicted molar refractivity (Wildman–Crippen MR) is 230 cm³/mol. The molecule has 0 unspecified atom stereocenters. The van der Waals surface area contributed by atoms with E-state index in [9.17, 15) is 19.2 Å². The molecule has 2 aromatic heterocycles. The molecule has 0 spiro atoms. The van der Waals surface area contributed by atoms with Crippen molar-refractivity contribution < 1.29 is 19.2 Å². The fraction of sp³-hybridized carbons (Fsp3) is 0.250. The standard InChI is InChI=1S/C48H46N8O4/c1-29(57)49-43(33-11-5-3-6-12-33)47(59)55-25-9-15-41(55)45-51-37-23-21-35(27-39(37)53-45)31-17-19-32(20-18-31)36-22-24-38-40(28-36)54-46(52-38)42-16-10-26-56(42)48(60)44(50-30(2)58)34-13-7-4-8-14-34/h3-8,11-14,17-24,27-28,41-44H,9-10,15-16,25-26H2,1-2H3,(H,49,57)(H,50,58)(H,51,53)(H,52,54)/t41-,42-,43+,44+/m0/s1. The largest absolute Gasteiger partial charge is 0.341 e. The summed E-state index contributed by atoms with van der Waals surface area (Å²) in [6.45, 7) is 4.04. The van der Waals surface area contributed by atoms with Crippen LogP contribution in [0.5, 0.6) is 0 Å². The lowest BCUT2D eigenvalue weighted by Gasteiger charge is -2.28. The normalized spacial score (nSPS) is 17.5. The lowest BCUT2D eigenvalue weighted by molar-refractivity contribution is -0.137. The van der Waals surface area contributed by atoms with Gasteiger partial charge in [0.15, 0.2) is 0 Å². The van der Waals surface area contributed by atoms with Crippen LogP contribution in [0, 0.1) is 0 Å². The second-order valence-corrected chi connectivity index (χ2v) is 15.8. The minimum absolute atomic E-state index is 0.142. The highest BCUT2D eigenvalue weighted by Crippen LogP contribution is 2.37. The number of rotatable bonds is 10. The fourth-order valence-electron chi connectivity index (χ4n) is 8.82. The number of hydrogen-bond acceptors (Lipinski definition) is 6. The van der Waals surface area contributed by atoms with Crippen LogP contribution in [0.1, 0.15) is 86.5 Å². The van der Waals surface area contributed by atoms with Crippen molar-refractivity contribution in [3.05, 3.63) is 144 Å². The van der Waals surface area contributed by atoms with Gasteiger partial charge < -0.3 is 30.4 Å². The summed E-state index contributed by atoms with van der Waals surface area (Å²) < 4.78 is 0. The van der Waals surface area contributed by atoms with Gasteiger partial charge in [0, 0.05) is 26.9 Å². The maximum atomic E-state index is 13.9. The number of nitrogens with one attached hydrogen (secondary N) is 4. The molecular formula is C48H46N8O4. The van der Waals surface area contributed by atoms with Gasteiger partial charge in [0.25, 0.3) is 0 Å². The Bertz CT molecular complexity index is 2520. The molecule has 2 aliphatic rings. The number of imidazole rings is 2. The van der Waals surface area contributed by atoms with Gasteiger partial charge in [-0.15, -0.1) is 0 Å². The Hall–Kier alpha value is -7.08. The third kappa shape index (κ3) is 7.63. The number of carbonyl (C=O) groups excluding carboxylic acids is 4. The second-order valence-electron chi connectivity index (χ2n) is 15.8. The summed E-state index contributed by atoms with van der Waals surface area (Å²) in [5, 5.41) is 5.72. The molecule has 302 valence electrons. The van der Waals surface area contributed by atoms with E-state index in [1.807, 2.05) is 82.6 Å². The molecule has 7 aromatic rings. The van der Waals surface area contributed by atoms with Gasteiger partial charge in [-0.1, -0.05) is 97.1 Å². The molecule has 2 saturated heterocycles. The number of H-pyrrole nitrogens is 2. The molecule has 12 nitrogen and oxygen atoms in total. The van der Waals surface area contributed by atoms with Crippen molar-refractivity contribution in [1.29, 1.82) is 0 Å². The number of likely N-dealkylation sites (tertiary alicyclic amines) is 2. The molecule has 4 amide bonds. The summed E-state index contributed by atoms with van der Waals surface area (Å²) in [5.41, 5.74) is 9.12. The van der Waals surface area contributed by atoms with Crippen LogP contribution in [-0.2, 0) is 19.2 Å². The minimum Gasteiger partial charge on any atom is -0.341 e. The number of benzene rings is 5. The molecule has 4 heterocycles. The van der Waals surface area contributed by atoms with E-state index < -0.39 is 12.1 Å². The Kier molecular flexibility index (Phi) is 10.4. The number of aromatic nitrogens is 4. The summed E-state index contributed by atoms with van der Waals surface area (Å²) >= 11 is 0. The van der Waals surface area contributed by atoms with Gasteiger partial charge in [-0.05, 0) is 83.3 Å². The van der Waals surface area contributed by atoms with Crippen LogP contribution in [0.3, 0.4) is 0 Å². The van der Waals surface area contributed by atoms with E-state index in [1.165, 1.54) is 13.8 Å². The van der Waals surface area contributed by atoms with Crippen LogP contribution < -0.4 is 10.6 Å². The number of hydrogen-bond donors (Lipinski definition) is 4. The first-order chi connectivity index (χ1) is 29.2. The van der Waals surface area contributed by atoms with Gasteiger partial charge in [0.05, 0.1) is 34.2 Å². The van der Waals surface area contributed by atoms with Crippen molar-refractivity contribution >= 4 is 45.7 Å². The molecule has 0 saturated carbocycles. The third-order valence-corrected chi connectivity index (χ3v) is 11.7. The summed E-state index contributed by atoms with van der Waals surface area (Å²) in [4.78, 5) is 72.7. The number of fused-ring (bicyclic) bond motifs is 2. The highest BCUT2D eigenvalue weighted by molar-refractivity contribution is 5.90. The van der Waals surface area contributed by atoms with Crippen LogP contribution >= 0.6 is 0 Å². The second kappa shape index (κ2) is 16.3. The molecule has 5 aromatic carbocycles. The van der Waals surface area contributed by atoms with Gasteiger partial charge in [0.1, 0.15) is 23.7 Å². The predicted octanol–water partition coefficient (Wildman–Crippen LogP) is 7.86. The fourth-order valence-corrected chi connectivity index (χ4v) is 8.82. The van der Waals surface area contributed by atoms with Crippen molar-refractivity contribution in [1.82, 2.24) is 40.4 Å². The zero-order chi connectivity index (χ0) is 41.3. The molecule has 2 fully saturated rings. The van der Waals surface area contributed by atoms with Gasteiger partial charge in [0.2, 0.25) is 23.6 Å². The SMILES string of the molecule is CC(=O)N[C@@H](C(=O)N1CCC[C@H]1c1nc2ccc(-c3ccc(-c4ccc5nc([C@@H]6CCCN6C(=O)[C@H](NC(C)=O)c6ccccc6)[nH]c5c4)cc3)cc2[nH]1)c1ccccc1. The van der Waals surface area contributed by atoms with Crippen LogP contribution in [0.4, 0.5) is 0 Å². The van der Waals surface area contributed by atoms with E-state index in [2.05, 4.69) is 69.1 Å². The van der Waals surface area contributed by atoms with E-state index in [4.69, 9.17) is 9.97 Å². The number of nitrogens with zero attached hydrogens (tertiary/aromatic N) is 4. The van der Waals surface area contributed by atoms with Crippen LogP contribution in [0.15, 0.2) is 121 Å². The summed E-state index contributed by atoms with van der Waals surface area (Å²) in [7, 11) is 0. The average molecular weight is 799 g/mol. The van der Waals surface area contributed by atoms with Crippen molar-refractivity contribution in [3.8, 4) is 22.3 Å². The molecule has 4 atom stereocenters. The molecule has 2 aliphatic heterocycles. The van der Waals surface area contributed by atoms with E-state index in [0.29, 0.717) is 13.1 Å². The first kappa shape index (κ1) is 38.4. The average Bonchev–Trinajstić information content (AvgIpc) is 4.10. The molecule has 0 radical (unpaired) electrons. The Morgan fingerprint density at radius 2 is 0.933 bits per heavy atom.